The van der Waals surface area contributed by atoms with Gasteiger partial charge in [0, 0.05) is 11.4 Å². The summed E-state index contributed by atoms with van der Waals surface area (Å²) in [5.41, 5.74) is 1.75. The van der Waals surface area contributed by atoms with Crippen LogP contribution in [0.1, 0.15) is 35.3 Å². The van der Waals surface area contributed by atoms with Crippen molar-refractivity contribution in [3.8, 4) is 12.1 Å². The Labute approximate surface area is 121 Å². The zero-order valence-electron chi connectivity index (χ0n) is 11.1. The molecule has 104 valence electrons. The van der Waals surface area contributed by atoms with Crippen molar-refractivity contribution < 1.29 is 9.90 Å². The molecule has 0 amide bonds. The summed E-state index contributed by atoms with van der Waals surface area (Å²) in [6, 6.07) is 4.29. The lowest BCUT2D eigenvalue weighted by atomic mass is 9.96. The number of rotatable bonds is 5. The summed E-state index contributed by atoms with van der Waals surface area (Å²) in [5.74, 6) is -0.896. The number of thiophene rings is 1. The van der Waals surface area contributed by atoms with E-state index in [1.807, 2.05) is 0 Å². The summed E-state index contributed by atoms with van der Waals surface area (Å²) in [6.07, 6.45) is 4.08. The lowest BCUT2D eigenvalue weighted by molar-refractivity contribution is -0.136. The van der Waals surface area contributed by atoms with E-state index < -0.39 is 5.97 Å². The normalized spacial score (nSPS) is 13.1. The van der Waals surface area contributed by atoms with Gasteiger partial charge in [-0.15, -0.1) is 11.3 Å². The van der Waals surface area contributed by atoms with Gasteiger partial charge in [-0.05, 0) is 31.2 Å². The molecule has 1 N–H and O–H groups in total. The molecule has 1 heterocycles. The highest BCUT2D eigenvalue weighted by Gasteiger charge is 2.24. The average molecular weight is 289 g/mol. The molecule has 0 spiro atoms. The number of carboxylic acids is 1. The maximum absolute atomic E-state index is 10.7. The zero-order chi connectivity index (χ0) is 14.5. The molecule has 0 saturated heterocycles. The Morgan fingerprint density at radius 1 is 1.35 bits per heavy atom. The minimum Gasteiger partial charge on any atom is -0.481 e. The number of aliphatic carboxylic acids is 1. The van der Waals surface area contributed by atoms with Crippen molar-refractivity contribution in [2.24, 2.45) is 0 Å². The van der Waals surface area contributed by atoms with Gasteiger partial charge in [-0.1, -0.05) is 0 Å². The molecule has 0 saturated carbocycles. The van der Waals surface area contributed by atoms with Gasteiger partial charge in [-0.25, -0.2) is 0 Å². The van der Waals surface area contributed by atoms with Crippen LogP contribution in [0.5, 0.6) is 0 Å². The summed E-state index contributed by atoms with van der Waals surface area (Å²) in [5, 5.41) is 27.9. The first kappa shape index (κ1) is 14.4. The molecule has 1 aromatic heterocycles. The van der Waals surface area contributed by atoms with E-state index in [2.05, 4.69) is 12.1 Å². The minimum absolute atomic E-state index is 0.0326. The maximum atomic E-state index is 10.7. The Balaban J connectivity index is 2.33. The van der Waals surface area contributed by atoms with E-state index in [0.717, 1.165) is 36.2 Å². The fourth-order valence-corrected chi connectivity index (χ4v) is 3.82. The number of carbonyl (C=O) groups is 1. The zero-order valence-corrected chi connectivity index (χ0v) is 11.9. The first-order valence-corrected chi connectivity index (χ1v) is 7.37. The van der Waals surface area contributed by atoms with Crippen molar-refractivity contribution in [3.05, 3.63) is 16.0 Å². The largest absolute Gasteiger partial charge is 0.481 e. The molecule has 0 aliphatic heterocycles. The van der Waals surface area contributed by atoms with Gasteiger partial charge in [-0.3, -0.25) is 4.79 Å². The third kappa shape index (κ3) is 2.92. The van der Waals surface area contributed by atoms with Gasteiger partial charge in [0.1, 0.15) is 17.6 Å². The molecule has 20 heavy (non-hydrogen) atoms. The van der Waals surface area contributed by atoms with Crippen LogP contribution in [0.4, 0.5) is 5.00 Å². The molecule has 1 aromatic rings. The summed E-state index contributed by atoms with van der Waals surface area (Å²) >= 11 is 1.55. The summed E-state index contributed by atoms with van der Waals surface area (Å²) in [4.78, 5) is 13.7. The molecule has 0 unspecified atom stereocenters. The lowest BCUT2D eigenvalue weighted by Crippen LogP contribution is -2.26. The van der Waals surface area contributed by atoms with E-state index in [-0.39, 0.29) is 19.5 Å². The molecule has 0 aromatic carbocycles. The number of fused-ring (bicyclic) bond motifs is 1. The van der Waals surface area contributed by atoms with Crippen LogP contribution in [0.2, 0.25) is 0 Å². The van der Waals surface area contributed by atoms with Crippen LogP contribution in [0, 0.1) is 22.7 Å². The monoisotopic (exact) mass is 289 g/mol. The molecule has 1 aliphatic carbocycles. The predicted octanol–water partition coefficient (Wildman–Crippen LogP) is 2.30. The predicted molar refractivity (Wildman–Crippen MR) is 75.8 cm³/mol. The molecular weight excluding hydrogens is 274 g/mol. The second-order valence-corrected chi connectivity index (χ2v) is 5.81. The van der Waals surface area contributed by atoms with Crippen molar-refractivity contribution in [2.45, 2.75) is 32.1 Å². The number of nitriles is 2. The number of aryl methyl sites for hydroxylation is 1. The fraction of sp³-hybridized carbons (Fsp3) is 0.500. The summed E-state index contributed by atoms with van der Waals surface area (Å²) < 4.78 is 0. The second-order valence-electron chi connectivity index (χ2n) is 4.73. The van der Waals surface area contributed by atoms with E-state index in [1.165, 1.54) is 4.88 Å². The third-order valence-electron chi connectivity index (χ3n) is 3.41. The summed E-state index contributed by atoms with van der Waals surface area (Å²) in [6.45, 7) is 0.373. The molecule has 5 nitrogen and oxygen atoms in total. The van der Waals surface area contributed by atoms with E-state index in [9.17, 15) is 10.1 Å². The Morgan fingerprint density at radius 3 is 2.75 bits per heavy atom. The van der Waals surface area contributed by atoms with E-state index in [1.54, 1.807) is 16.2 Å². The van der Waals surface area contributed by atoms with E-state index in [0.29, 0.717) is 5.56 Å². The molecule has 0 radical (unpaired) electrons. The topological polar surface area (TPSA) is 88.1 Å². The second kappa shape index (κ2) is 6.40. The van der Waals surface area contributed by atoms with Crippen LogP contribution in [0.25, 0.3) is 0 Å². The Kier molecular flexibility index (Phi) is 4.60. The Morgan fingerprint density at radius 2 is 2.10 bits per heavy atom. The summed E-state index contributed by atoms with van der Waals surface area (Å²) in [7, 11) is 0. The molecule has 6 heteroatoms. The van der Waals surface area contributed by atoms with Crippen molar-refractivity contribution in [1.29, 1.82) is 10.5 Å². The number of hydrogen-bond donors (Lipinski definition) is 1. The van der Waals surface area contributed by atoms with Crippen LogP contribution in [-0.2, 0) is 17.6 Å². The fourth-order valence-electron chi connectivity index (χ4n) is 2.46. The lowest BCUT2D eigenvalue weighted by Gasteiger charge is -2.19. The van der Waals surface area contributed by atoms with Crippen LogP contribution in [0.3, 0.4) is 0 Å². The van der Waals surface area contributed by atoms with E-state index >= 15 is 0 Å². The molecule has 0 atom stereocenters. The number of anilines is 1. The smallest absolute Gasteiger partial charge is 0.305 e. The Bertz CT molecular complexity index is 595. The highest BCUT2D eigenvalue weighted by atomic mass is 32.1. The minimum atomic E-state index is -0.896. The number of nitrogens with zero attached hydrogens (tertiary/aromatic N) is 3. The van der Waals surface area contributed by atoms with Crippen molar-refractivity contribution in [3.63, 3.8) is 0 Å². The van der Waals surface area contributed by atoms with Gasteiger partial charge in [0.25, 0.3) is 0 Å². The van der Waals surface area contributed by atoms with Crippen molar-refractivity contribution in [2.75, 3.05) is 18.0 Å². The SMILES string of the molecule is N#CCN(CCC(=O)O)c1sc2c(c1C#N)CCCC2. The van der Waals surface area contributed by atoms with Gasteiger partial charge in [0.2, 0.25) is 0 Å². The molecule has 2 rings (SSSR count). The number of hydrogen-bond acceptors (Lipinski definition) is 5. The van der Waals surface area contributed by atoms with Gasteiger partial charge < -0.3 is 10.0 Å². The quantitative estimate of drug-likeness (QED) is 0.840. The molecule has 1 aliphatic rings. The van der Waals surface area contributed by atoms with Gasteiger partial charge >= 0.3 is 5.97 Å². The first-order valence-electron chi connectivity index (χ1n) is 6.55. The first-order chi connectivity index (χ1) is 9.67. The van der Waals surface area contributed by atoms with Crippen LogP contribution >= 0.6 is 11.3 Å². The third-order valence-corrected chi connectivity index (χ3v) is 4.76. The van der Waals surface area contributed by atoms with E-state index in [4.69, 9.17) is 10.4 Å². The van der Waals surface area contributed by atoms with Gasteiger partial charge in [0.15, 0.2) is 0 Å². The molecule has 0 fully saturated rings. The van der Waals surface area contributed by atoms with Crippen molar-refractivity contribution in [1.82, 2.24) is 0 Å². The van der Waals surface area contributed by atoms with Crippen molar-refractivity contribution >= 4 is 22.3 Å². The standard InChI is InChI=1S/C14H15N3O2S/c15-6-8-17(7-5-13(18)19)14-11(9-16)10-3-1-2-4-12(10)20-14/h1-5,7-8H2,(H,18,19). The number of carboxylic acid groups (broad SMARTS) is 1. The maximum Gasteiger partial charge on any atom is 0.305 e. The molecule has 0 bridgehead atoms. The van der Waals surface area contributed by atoms with Crippen LogP contribution in [-0.4, -0.2) is 24.2 Å². The average Bonchev–Trinajstić information content (AvgIpc) is 2.81. The van der Waals surface area contributed by atoms with Crippen LogP contribution < -0.4 is 4.90 Å². The highest BCUT2D eigenvalue weighted by molar-refractivity contribution is 7.16. The molecular formula is C14H15N3O2S. The van der Waals surface area contributed by atoms with Crippen LogP contribution in [0.15, 0.2) is 0 Å². The van der Waals surface area contributed by atoms with Gasteiger partial charge in [0.05, 0.1) is 18.1 Å². The highest BCUT2D eigenvalue weighted by Crippen LogP contribution is 2.39. The van der Waals surface area contributed by atoms with Gasteiger partial charge in [-0.2, -0.15) is 10.5 Å². The Hall–Kier alpha value is -2.05.